The van der Waals surface area contributed by atoms with Crippen molar-refractivity contribution in [2.24, 2.45) is 0 Å². The number of aromatic nitrogens is 6. The number of aryl methyl sites for hydroxylation is 1. The first-order chi connectivity index (χ1) is 14.2. The topological polar surface area (TPSA) is 92.9 Å². The molecule has 0 radical (unpaired) electrons. The molecule has 9 nitrogen and oxygen atoms in total. The fourth-order valence-corrected chi connectivity index (χ4v) is 4.06. The highest BCUT2D eigenvalue weighted by Gasteiger charge is 2.36. The van der Waals surface area contributed by atoms with Gasteiger partial charge >= 0.3 is 0 Å². The van der Waals surface area contributed by atoms with Crippen LogP contribution in [0.2, 0.25) is 5.15 Å². The molecule has 2 aliphatic heterocycles. The third-order valence-corrected chi connectivity index (χ3v) is 5.64. The Morgan fingerprint density at radius 3 is 2.55 bits per heavy atom. The number of carbonyl (C=O) groups excluding carboxylic acids is 1. The molecule has 0 saturated carbocycles. The summed E-state index contributed by atoms with van der Waals surface area (Å²) >= 11 is 5.90. The maximum atomic E-state index is 13.3. The molecule has 0 aliphatic carbocycles. The number of hydrogen-bond acceptors (Lipinski definition) is 7. The van der Waals surface area contributed by atoms with Gasteiger partial charge in [-0.05, 0) is 24.6 Å². The summed E-state index contributed by atoms with van der Waals surface area (Å²) < 4.78 is 1.96. The van der Waals surface area contributed by atoms with Crippen LogP contribution in [0, 0.1) is 0 Å². The van der Waals surface area contributed by atoms with Crippen LogP contribution in [0.15, 0.2) is 36.8 Å². The number of piperazine rings is 1. The first-order valence-corrected chi connectivity index (χ1v) is 9.95. The Bertz CT molecular complexity index is 1010. The summed E-state index contributed by atoms with van der Waals surface area (Å²) in [5, 5.41) is 9.00. The van der Waals surface area contributed by atoms with E-state index < -0.39 is 0 Å². The van der Waals surface area contributed by atoms with Crippen molar-refractivity contribution in [1.82, 2.24) is 34.6 Å². The smallest absolute Gasteiger partial charge is 0.245 e. The van der Waals surface area contributed by atoms with Crippen LogP contribution >= 0.6 is 11.6 Å². The van der Waals surface area contributed by atoms with Crippen molar-refractivity contribution in [2.45, 2.75) is 18.9 Å². The number of amides is 1. The second-order valence-corrected chi connectivity index (χ2v) is 7.48. The van der Waals surface area contributed by atoms with Gasteiger partial charge in [-0.1, -0.05) is 11.6 Å². The number of nitrogens with zero attached hydrogens (tertiary/aromatic N) is 8. The van der Waals surface area contributed by atoms with Crippen LogP contribution in [0.1, 0.15) is 18.3 Å². The zero-order chi connectivity index (χ0) is 19.8. The summed E-state index contributed by atoms with van der Waals surface area (Å²) in [6.45, 7) is 2.71. The van der Waals surface area contributed by atoms with E-state index in [0.29, 0.717) is 43.1 Å². The fourth-order valence-electron chi connectivity index (χ4n) is 3.95. The van der Waals surface area contributed by atoms with Gasteiger partial charge in [-0.2, -0.15) is 0 Å². The Kier molecular flexibility index (Phi) is 4.59. The summed E-state index contributed by atoms with van der Waals surface area (Å²) in [6, 6.07) is 5.08. The molecular formula is C19H19ClN8O. The summed E-state index contributed by atoms with van der Waals surface area (Å²) in [4.78, 5) is 30.1. The largest absolute Gasteiger partial charge is 0.337 e. The van der Waals surface area contributed by atoms with Crippen molar-refractivity contribution in [2.75, 3.05) is 31.1 Å². The van der Waals surface area contributed by atoms with Crippen molar-refractivity contribution >= 4 is 23.5 Å². The monoisotopic (exact) mass is 410 g/mol. The number of halogens is 1. The highest BCUT2D eigenvalue weighted by atomic mass is 35.5. The van der Waals surface area contributed by atoms with Crippen molar-refractivity contribution < 1.29 is 4.79 Å². The predicted molar refractivity (Wildman–Crippen MR) is 106 cm³/mol. The molecule has 5 rings (SSSR count). The summed E-state index contributed by atoms with van der Waals surface area (Å²) in [5.41, 5.74) is 0.805. The van der Waals surface area contributed by atoms with E-state index in [9.17, 15) is 4.79 Å². The zero-order valence-electron chi connectivity index (χ0n) is 15.6. The van der Waals surface area contributed by atoms with Gasteiger partial charge in [0.05, 0.1) is 0 Å². The molecule has 1 atom stereocenters. The van der Waals surface area contributed by atoms with Gasteiger partial charge in [0.1, 0.15) is 17.0 Å². The lowest BCUT2D eigenvalue weighted by molar-refractivity contribution is -0.134. The van der Waals surface area contributed by atoms with E-state index in [0.717, 1.165) is 24.2 Å². The zero-order valence-corrected chi connectivity index (χ0v) is 16.4. The molecule has 3 aromatic heterocycles. The van der Waals surface area contributed by atoms with E-state index in [2.05, 4.69) is 30.0 Å². The maximum absolute atomic E-state index is 13.3. The van der Waals surface area contributed by atoms with Crippen LogP contribution in [0.3, 0.4) is 0 Å². The van der Waals surface area contributed by atoms with E-state index in [4.69, 9.17) is 11.6 Å². The van der Waals surface area contributed by atoms with Crippen molar-refractivity contribution in [1.29, 1.82) is 0 Å². The normalized spacial score (nSPS) is 18.7. The average Bonchev–Trinajstić information content (AvgIpc) is 3.37. The van der Waals surface area contributed by atoms with Gasteiger partial charge in [-0.25, -0.2) is 15.0 Å². The Hall–Kier alpha value is -3.07. The van der Waals surface area contributed by atoms with Gasteiger partial charge in [-0.3, -0.25) is 9.36 Å². The molecule has 29 heavy (non-hydrogen) atoms. The standard InChI is InChI=1S/C19H19ClN8O/c20-15-4-2-13(12-23-15)17-25-24-16-5-3-14(28(16)17)18(29)26-8-10-27(11-9-26)19-21-6-1-7-22-19/h1-2,4,6-7,12,14H,3,5,8-11H2. The second kappa shape index (κ2) is 7.40. The lowest BCUT2D eigenvalue weighted by Crippen LogP contribution is -2.50. The van der Waals surface area contributed by atoms with E-state index in [1.54, 1.807) is 30.7 Å². The minimum absolute atomic E-state index is 0.111. The molecule has 1 saturated heterocycles. The van der Waals surface area contributed by atoms with E-state index in [1.165, 1.54) is 0 Å². The molecule has 10 heteroatoms. The minimum atomic E-state index is -0.287. The van der Waals surface area contributed by atoms with Crippen molar-refractivity contribution in [3.63, 3.8) is 0 Å². The molecular weight excluding hydrogens is 392 g/mol. The molecule has 5 heterocycles. The summed E-state index contributed by atoms with van der Waals surface area (Å²) in [6.07, 6.45) is 6.61. The Balaban J connectivity index is 1.33. The van der Waals surface area contributed by atoms with Crippen LogP contribution in [-0.4, -0.2) is 66.7 Å². The molecule has 0 bridgehead atoms. The Labute approximate surface area is 172 Å². The summed E-state index contributed by atoms with van der Waals surface area (Å²) in [5.74, 6) is 2.32. The molecule has 0 N–H and O–H groups in total. The molecule has 1 unspecified atom stereocenters. The molecule has 0 spiro atoms. The van der Waals surface area contributed by atoms with Gasteiger partial charge in [0, 0.05) is 56.8 Å². The number of rotatable bonds is 3. The van der Waals surface area contributed by atoms with Crippen LogP contribution in [-0.2, 0) is 11.2 Å². The van der Waals surface area contributed by atoms with Crippen molar-refractivity contribution in [3.8, 4) is 11.4 Å². The molecule has 1 amide bonds. The molecule has 148 valence electrons. The number of anilines is 1. The molecule has 2 aliphatic rings. The Morgan fingerprint density at radius 2 is 1.83 bits per heavy atom. The average molecular weight is 411 g/mol. The lowest BCUT2D eigenvalue weighted by atomic mass is 10.1. The maximum Gasteiger partial charge on any atom is 0.245 e. The van der Waals surface area contributed by atoms with Gasteiger partial charge in [-0.15, -0.1) is 10.2 Å². The van der Waals surface area contributed by atoms with E-state index >= 15 is 0 Å². The minimum Gasteiger partial charge on any atom is -0.337 e. The van der Waals surface area contributed by atoms with Gasteiger partial charge in [0.15, 0.2) is 5.82 Å². The number of pyridine rings is 1. The molecule has 3 aromatic rings. The van der Waals surface area contributed by atoms with Crippen LogP contribution in [0.25, 0.3) is 11.4 Å². The lowest BCUT2D eigenvalue weighted by Gasteiger charge is -2.36. The highest BCUT2D eigenvalue weighted by Crippen LogP contribution is 2.32. The second-order valence-electron chi connectivity index (χ2n) is 7.10. The quantitative estimate of drug-likeness (QED) is 0.605. The third kappa shape index (κ3) is 3.31. The predicted octanol–water partition coefficient (Wildman–Crippen LogP) is 1.62. The van der Waals surface area contributed by atoms with E-state index in [1.807, 2.05) is 15.5 Å². The SMILES string of the molecule is O=C(C1CCc2nnc(-c3ccc(Cl)nc3)n21)N1CCN(c2ncccn2)CC1. The number of fused-ring (bicyclic) bond motifs is 1. The van der Waals surface area contributed by atoms with Gasteiger partial charge in [0.2, 0.25) is 11.9 Å². The molecule has 1 fully saturated rings. The third-order valence-electron chi connectivity index (χ3n) is 5.42. The van der Waals surface area contributed by atoms with Crippen LogP contribution in [0.4, 0.5) is 5.95 Å². The first kappa shape index (κ1) is 18.0. The van der Waals surface area contributed by atoms with Crippen LogP contribution in [0.5, 0.6) is 0 Å². The molecule has 0 aromatic carbocycles. The van der Waals surface area contributed by atoms with Crippen molar-refractivity contribution in [3.05, 3.63) is 47.8 Å². The summed E-state index contributed by atoms with van der Waals surface area (Å²) in [7, 11) is 0. The van der Waals surface area contributed by atoms with Crippen LogP contribution < -0.4 is 4.90 Å². The number of carbonyl (C=O) groups is 1. The van der Waals surface area contributed by atoms with Gasteiger partial charge in [0.25, 0.3) is 0 Å². The van der Waals surface area contributed by atoms with E-state index in [-0.39, 0.29) is 11.9 Å². The first-order valence-electron chi connectivity index (χ1n) is 9.57. The van der Waals surface area contributed by atoms with Gasteiger partial charge < -0.3 is 9.80 Å². The Morgan fingerprint density at radius 1 is 1.03 bits per heavy atom. The fraction of sp³-hybridized carbons (Fsp3) is 0.368. The highest BCUT2D eigenvalue weighted by molar-refractivity contribution is 6.29. The number of hydrogen-bond donors (Lipinski definition) is 0.